The van der Waals surface area contributed by atoms with Crippen molar-refractivity contribution in [2.24, 2.45) is 0 Å². The third-order valence-electron chi connectivity index (χ3n) is 4.75. The van der Waals surface area contributed by atoms with Gasteiger partial charge in [-0.25, -0.2) is 18.1 Å². The van der Waals surface area contributed by atoms with Crippen molar-refractivity contribution in [1.29, 1.82) is 0 Å². The van der Waals surface area contributed by atoms with Gasteiger partial charge in [-0.3, -0.25) is 4.79 Å². The second-order valence-electron chi connectivity index (χ2n) is 7.21. The molecule has 0 aliphatic rings. The van der Waals surface area contributed by atoms with Crippen molar-refractivity contribution in [2.75, 3.05) is 15.4 Å². The number of hydrogen-bond acceptors (Lipinski definition) is 8. The molecule has 4 rings (SSSR count). The summed E-state index contributed by atoms with van der Waals surface area (Å²) in [4.78, 5) is 16.7. The maximum absolute atomic E-state index is 12.6. The zero-order valence-electron chi connectivity index (χ0n) is 17.8. The average molecular weight is 484 g/mol. The summed E-state index contributed by atoms with van der Waals surface area (Å²) < 4.78 is 32.6. The Balaban J connectivity index is 1.37. The van der Waals surface area contributed by atoms with E-state index in [2.05, 4.69) is 25.5 Å². The monoisotopic (exact) mass is 483 g/mol. The second-order valence-corrected chi connectivity index (χ2v) is 9.75. The minimum Gasteiger partial charge on any atom is -0.337 e. The number of thiazole rings is 1. The first-order chi connectivity index (χ1) is 15.8. The van der Waals surface area contributed by atoms with E-state index in [9.17, 15) is 13.2 Å². The molecule has 170 valence electrons. The number of carbonyl (C=O) groups is 1. The highest BCUT2D eigenvalue weighted by atomic mass is 32.2. The smallest absolute Gasteiger partial charge is 0.264 e. The molecule has 1 amide bonds. The first-order valence-electron chi connectivity index (χ1n) is 9.92. The lowest BCUT2D eigenvalue weighted by Gasteiger charge is -2.07. The molecule has 11 heteroatoms. The van der Waals surface area contributed by atoms with Gasteiger partial charge in [0.1, 0.15) is 0 Å². The molecule has 33 heavy (non-hydrogen) atoms. The Morgan fingerprint density at radius 1 is 1.03 bits per heavy atom. The van der Waals surface area contributed by atoms with Gasteiger partial charge in [0.05, 0.1) is 22.7 Å². The molecule has 0 saturated heterocycles. The van der Waals surface area contributed by atoms with Gasteiger partial charge in [-0.05, 0) is 50.2 Å². The average Bonchev–Trinajstić information content (AvgIpc) is 3.35. The molecular weight excluding hydrogens is 462 g/mol. The number of rotatable bonds is 8. The van der Waals surface area contributed by atoms with Crippen molar-refractivity contribution >= 4 is 49.7 Å². The van der Waals surface area contributed by atoms with Crippen molar-refractivity contribution < 1.29 is 17.7 Å². The predicted molar refractivity (Wildman–Crippen MR) is 127 cm³/mol. The van der Waals surface area contributed by atoms with Crippen molar-refractivity contribution in [1.82, 2.24) is 10.1 Å². The molecule has 0 aliphatic heterocycles. The molecule has 2 heterocycles. The number of anilines is 4. The molecule has 0 radical (unpaired) electrons. The zero-order valence-corrected chi connectivity index (χ0v) is 19.5. The highest BCUT2D eigenvalue weighted by Crippen LogP contribution is 2.25. The number of aromatic nitrogens is 2. The van der Waals surface area contributed by atoms with Gasteiger partial charge >= 0.3 is 0 Å². The van der Waals surface area contributed by atoms with Crippen LogP contribution >= 0.6 is 11.3 Å². The number of aryl methyl sites for hydroxylation is 1. The summed E-state index contributed by atoms with van der Waals surface area (Å²) in [6.07, 6.45) is 0.149. The van der Waals surface area contributed by atoms with Crippen molar-refractivity contribution in [2.45, 2.75) is 25.2 Å². The molecule has 0 bridgehead atoms. The summed E-state index contributed by atoms with van der Waals surface area (Å²) in [5, 5.41) is 12.1. The number of carbonyl (C=O) groups excluding carboxylic acids is 1. The molecule has 4 aromatic rings. The highest BCUT2D eigenvalue weighted by molar-refractivity contribution is 7.92. The Morgan fingerprint density at radius 2 is 1.76 bits per heavy atom. The van der Waals surface area contributed by atoms with Gasteiger partial charge in [0.15, 0.2) is 5.13 Å². The number of para-hydroxylation sites is 1. The van der Waals surface area contributed by atoms with E-state index in [1.54, 1.807) is 31.4 Å². The minimum atomic E-state index is -3.82. The Morgan fingerprint density at radius 3 is 2.42 bits per heavy atom. The van der Waals surface area contributed by atoms with E-state index in [-0.39, 0.29) is 23.1 Å². The van der Waals surface area contributed by atoms with E-state index in [1.807, 2.05) is 30.3 Å². The Labute approximate surface area is 194 Å². The maximum atomic E-state index is 12.6. The van der Waals surface area contributed by atoms with Crippen LogP contribution in [-0.4, -0.2) is 24.5 Å². The van der Waals surface area contributed by atoms with E-state index >= 15 is 0 Å². The summed E-state index contributed by atoms with van der Waals surface area (Å²) >= 11 is 1.36. The topological polar surface area (TPSA) is 126 Å². The van der Waals surface area contributed by atoms with Gasteiger partial charge in [-0.1, -0.05) is 23.4 Å². The van der Waals surface area contributed by atoms with Crippen LogP contribution in [0.4, 0.5) is 22.4 Å². The molecule has 0 aliphatic carbocycles. The number of nitrogens with zero attached hydrogens (tertiary/aromatic N) is 2. The van der Waals surface area contributed by atoms with E-state index in [0.29, 0.717) is 27.8 Å². The van der Waals surface area contributed by atoms with Gasteiger partial charge in [0.2, 0.25) is 11.8 Å². The van der Waals surface area contributed by atoms with Gasteiger partial charge in [-0.15, -0.1) is 11.3 Å². The van der Waals surface area contributed by atoms with Crippen LogP contribution in [0.2, 0.25) is 0 Å². The standard InChI is InChI=1S/C22H21N5O4S2/c1-14-15(2)26-31-21(14)27-33(29,30)19-10-8-17(9-11-19)24-22-25-18(13-32-22)12-20(28)23-16-6-4-3-5-7-16/h3-11,13,27H,12H2,1-2H3,(H,23,28)(H,24,25). The van der Waals surface area contributed by atoms with Crippen molar-refractivity contribution in [3.8, 4) is 0 Å². The molecule has 0 saturated carbocycles. The Kier molecular flexibility index (Phi) is 6.43. The molecular formula is C22H21N5O4S2. The molecule has 0 spiro atoms. The number of nitrogens with one attached hydrogen (secondary N) is 3. The summed E-state index contributed by atoms with van der Waals surface area (Å²) in [6, 6.07) is 15.4. The third kappa shape index (κ3) is 5.57. The van der Waals surface area contributed by atoms with Crippen LogP contribution in [0.25, 0.3) is 0 Å². The normalized spacial score (nSPS) is 11.2. The lowest BCUT2D eigenvalue weighted by Crippen LogP contribution is -2.14. The fourth-order valence-corrected chi connectivity index (χ4v) is 4.65. The molecule has 0 atom stereocenters. The molecule has 3 N–H and O–H groups in total. The maximum Gasteiger partial charge on any atom is 0.264 e. The van der Waals surface area contributed by atoms with Gasteiger partial charge in [-0.2, -0.15) is 0 Å². The first kappa shape index (κ1) is 22.5. The van der Waals surface area contributed by atoms with E-state index < -0.39 is 10.0 Å². The Bertz CT molecular complexity index is 1360. The molecule has 0 fully saturated rings. The SMILES string of the molecule is Cc1noc(NS(=O)(=O)c2ccc(Nc3nc(CC(=O)Nc4ccccc4)cs3)cc2)c1C. The fourth-order valence-electron chi connectivity index (χ4n) is 2.87. The van der Waals surface area contributed by atoms with Crippen LogP contribution < -0.4 is 15.4 Å². The summed E-state index contributed by atoms with van der Waals surface area (Å²) in [5.74, 6) is -0.0568. The number of benzene rings is 2. The van der Waals surface area contributed by atoms with Crippen LogP contribution in [0, 0.1) is 13.8 Å². The van der Waals surface area contributed by atoms with E-state index in [0.717, 1.165) is 5.69 Å². The van der Waals surface area contributed by atoms with Crippen molar-refractivity contribution in [3.63, 3.8) is 0 Å². The minimum absolute atomic E-state index is 0.0823. The quantitative estimate of drug-likeness (QED) is 0.337. The summed E-state index contributed by atoms with van der Waals surface area (Å²) in [5.41, 5.74) is 3.28. The Hall–Kier alpha value is -3.70. The second kappa shape index (κ2) is 9.43. The molecule has 0 unspecified atom stereocenters. The molecule has 9 nitrogen and oxygen atoms in total. The van der Waals surface area contributed by atoms with Gasteiger partial charge in [0, 0.05) is 22.3 Å². The van der Waals surface area contributed by atoms with Gasteiger partial charge < -0.3 is 15.2 Å². The largest absolute Gasteiger partial charge is 0.337 e. The van der Waals surface area contributed by atoms with Crippen LogP contribution in [-0.2, 0) is 21.2 Å². The first-order valence-corrected chi connectivity index (χ1v) is 12.3. The van der Waals surface area contributed by atoms with Gasteiger partial charge in [0.25, 0.3) is 10.0 Å². The third-order valence-corrected chi connectivity index (χ3v) is 6.90. The van der Waals surface area contributed by atoms with Crippen LogP contribution in [0.15, 0.2) is 69.4 Å². The lowest BCUT2D eigenvalue weighted by atomic mass is 10.3. The van der Waals surface area contributed by atoms with Crippen LogP contribution in [0.3, 0.4) is 0 Å². The predicted octanol–water partition coefficient (Wildman–Crippen LogP) is 4.47. The number of hydrogen-bond donors (Lipinski definition) is 3. The van der Waals surface area contributed by atoms with E-state index in [4.69, 9.17) is 4.52 Å². The van der Waals surface area contributed by atoms with Crippen LogP contribution in [0.5, 0.6) is 0 Å². The number of sulfonamides is 1. The highest BCUT2D eigenvalue weighted by Gasteiger charge is 2.19. The molecule has 2 aromatic carbocycles. The number of amides is 1. The zero-order chi connectivity index (χ0) is 23.4. The fraction of sp³-hybridized carbons (Fsp3) is 0.136. The van der Waals surface area contributed by atoms with Crippen molar-refractivity contribution in [3.05, 3.63) is 76.9 Å². The lowest BCUT2D eigenvalue weighted by molar-refractivity contribution is -0.115. The summed E-state index contributed by atoms with van der Waals surface area (Å²) in [6.45, 7) is 3.46. The molecule has 2 aromatic heterocycles. The van der Waals surface area contributed by atoms with E-state index in [1.165, 1.54) is 23.5 Å². The van der Waals surface area contributed by atoms with Crippen LogP contribution in [0.1, 0.15) is 17.0 Å². The summed E-state index contributed by atoms with van der Waals surface area (Å²) in [7, 11) is -3.82.